The molecule has 1 aromatic carbocycles. The summed E-state index contributed by atoms with van der Waals surface area (Å²) in [5.74, 6) is -0.391. The van der Waals surface area contributed by atoms with E-state index in [1.807, 2.05) is 0 Å². The monoisotopic (exact) mass is 501 g/mol. The number of carbonyl (C=O) groups excluding carboxylic acids is 1. The van der Waals surface area contributed by atoms with E-state index in [9.17, 15) is 26.4 Å². The number of amides is 1. The summed E-state index contributed by atoms with van der Waals surface area (Å²) in [6, 6.07) is 7.87. The lowest BCUT2D eigenvalue weighted by Gasteiger charge is -2.14. The van der Waals surface area contributed by atoms with Crippen LogP contribution in [0.5, 0.6) is 0 Å². The third kappa shape index (κ3) is 5.74. The Kier molecular flexibility index (Phi) is 7.08. The number of alkyl halides is 3. The Hall–Kier alpha value is -2.28. The van der Waals surface area contributed by atoms with Crippen molar-refractivity contribution in [2.75, 3.05) is 0 Å². The molecule has 170 valence electrons. The molecule has 1 N–H and O–H groups in total. The van der Waals surface area contributed by atoms with Crippen molar-refractivity contribution in [2.45, 2.75) is 37.5 Å². The highest BCUT2D eigenvalue weighted by molar-refractivity contribution is 8.26. The molecule has 1 aromatic heterocycles. The van der Waals surface area contributed by atoms with Crippen LogP contribution in [0.25, 0.3) is 6.08 Å². The highest BCUT2D eigenvalue weighted by Gasteiger charge is 2.34. The van der Waals surface area contributed by atoms with Crippen molar-refractivity contribution in [3.05, 3.63) is 64.3 Å². The van der Waals surface area contributed by atoms with E-state index in [0.717, 1.165) is 24.0 Å². The van der Waals surface area contributed by atoms with E-state index in [1.54, 1.807) is 32.1 Å². The summed E-state index contributed by atoms with van der Waals surface area (Å²) in [7, 11) is -3.63. The van der Waals surface area contributed by atoms with Gasteiger partial charge in [-0.25, -0.2) is 13.1 Å². The number of nitrogens with one attached hydrogen (secondary N) is 1. The number of halogens is 3. The molecule has 0 unspecified atom stereocenters. The minimum absolute atomic E-state index is 0.00873. The molecule has 1 saturated heterocycles. The van der Waals surface area contributed by atoms with Crippen molar-refractivity contribution < 1.29 is 26.4 Å². The van der Waals surface area contributed by atoms with E-state index in [0.29, 0.717) is 16.0 Å². The maximum atomic E-state index is 12.7. The molecule has 1 aliphatic heterocycles. The van der Waals surface area contributed by atoms with Gasteiger partial charge < -0.3 is 0 Å². The summed E-state index contributed by atoms with van der Waals surface area (Å²) in [5.41, 5.74) is -0.00598. The molecule has 3 rings (SSSR count). The first-order valence-electron chi connectivity index (χ1n) is 9.27. The van der Waals surface area contributed by atoms with Crippen molar-refractivity contribution >= 4 is 50.3 Å². The molecule has 1 aliphatic rings. The van der Waals surface area contributed by atoms with E-state index in [-0.39, 0.29) is 21.8 Å². The van der Waals surface area contributed by atoms with Gasteiger partial charge in [0, 0.05) is 12.2 Å². The molecule has 0 atom stereocenters. The second-order valence-electron chi connectivity index (χ2n) is 7.16. The molecular formula is C20H18F3N3O3S3. The van der Waals surface area contributed by atoms with E-state index < -0.39 is 27.8 Å². The van der Waals surface area contributed by atoms with Gasteiger partial charge in [-0.15, -0.1) is 0 Å². The normalized spacial score (nSPS) is 16.4. The van der Waals surface area contributed by atoms with Crippen LogP contribution in [-0.2, 0) is 27.5 Å². The maximum absolute atomic E-state index is 12.7. The lowest BCUT2D eigenvalue weighted by atomic mass is 10.2. The van der Waals surface area contributed by atoms with Crippen molar-refractivity contribution in [3.63, 3.8) is 0 Å². The minimum atomic E-state index is -4.54. The second-order valence-corrected chi connectivity index (χ2v) is 10.6. The third-order valence-electron chi connectivity index (χ3n) is 4.21. The Morgan fingerprint density at radius 2 is 1.84 bits per heavy atom. The Morgan fingerprint density at radius 1 is 1.19 bits per heavy atom. The van der Waals surface area contributed by atoms with E-state index in [1.165, 1.54) is 23.1 Å². The van der Waals surface area contributed by atoms with Gasteiger partial charge >= 0.3 is 6.18 Å². The Bertz CT molecular complexity index is 1160. The minimum Gasteiger partial charge on any atom is -0.288 e. The molecule has 0 radical (unpaired) electrons. The van der Waals surface area contributed by atoms with E-state index in [2.05, 4.69) is 9.71 Å². The fourth-order valence-electron chi connectivity index (χ4n) is 2.78. The summed E-state index contributed by atoms with van der Waals surface area (Å²) in [5, 5.41) is 0. The SMILES string of the molecule is CC(C)NS(=O)(=O)c1ccc(/C=C2\SC(=S)N(Cc3ccc(C(F)(F)F)nc3)C2=O)cc1. The molecule has 0 saturated carbocycles. The van der Waals surface area contributed by atoms with Gasteiger partial charge in [-0.05, 0) is 49.2 Å². The number of sulfonamides is 1. The van der Waals surface area contributed by atoms with Gasteiger partial charge in [0.15, 0.2) is 0 Å². The number of hydrogen-bond donors (Lipinski definition) is 1. The average Bonchev–Trinajstić information content (AvgIpc) is 2.94. The van der Waals surface area contributed by atoms with Gasteiger partial charge in [-0.3, -0.25) is 14.7 Å². The van der Waals surface area contributed by atoms with E-state index >= 15 is 0 Å². The zero-order valence-corrected chi connectivity index (χ0v) is 19.3. The van der Waals surface area contributed by atoms with Crippen molar-refractivity contribution in [3.8, 4) is 0 Å². The lowest BCUT2D eigenvalue weighted by molar-refractivity contribution is -0.141. The van der Waals surface area contributed by atoms with Crippen molar-refractivity contribution in [1.82, 2.24) is 14.6 Å². The fraction of sp³-hybridized carbons (Fsp3) is 0.250. The molecule has 0 aliphatic carbocycles. The summed E-state index contributed by atoms with van der Waals surface area (Å²) < 4.78 is 65.1. The van der Waals surface area contributed by atoms with Crippen LogP contribution in [0.1, 0.15) is 30.7 Å². The van der Waals surface area contributed by atoms with Crippen LogP contribution in [0.2, 0.25) is 0 Å². The van der Waals surface area contributed by atoms with E-state index in [4.69, 9.17) is 12.2 Å². The van der Waals surface area contributed by atoms with Crippen LogP contribution in [0, 0.1) is 0 Å². The predicted molar refractivity (Wildman–Crippen MR) is 120 cm³/mol. The smallest absolute Gasteiger partial charge is 0.288 e. The molecule has 0 spiro atoms. The molecular weight excluding hydrogens is 483 g/mol. The zero-order chi connectivity index (χ0) is 23.7. The molecule has 2 aromatic rings. The number of hydrogen-bond acceptors (Lipinski definition) is 6. The molecule has 32 heavy (non-hydrogen) atoms. The van der Waals surface area contributed by atoms with Crippen LogP contribution in [0.4, 0.5) is 13.2 Å². The highest BCUT2D eigenvalue weighted by atomic mass is 32.2. The number of aromatic nitrogens is 1. The number of nitrogens with zero attached hydrogens (tertiary/aromatic N) is 2. The number of pyridine rings is 1. The van der Waals surface area contributed by atoms with Crippen LogP contribution in [0.3, 0.4) is 0 Å². The first-order chi connectivity index (χ1) is 14.9. The predicted octanol–water partition coefficient (Wildman–Crippen LogP) is 4.19. The Balaban J connectivity index is 1.74. The number of benzene rings is 1. The number of rotatable bonds is 6. The quantitative estimate of drug-likeness (QED) is 0.473. The van der Waals surface area contributed by atoms with Gasteiger partial charge in [0.05, 0.1) is 16.3 Å². The maximum Gasteiger partial charge on any atom is 0.433 e. The lowest BCUT2D eigenvalue weighted by Crippen LogP contribution is -2.30. The van der Waals surface area contributed by atoms with Crippen LogP contribution < -0.4 is 4.72 Å². The van der Waals surface area contributed by atoms with Crippen molar-refractivity contribution in [2.24, 2.45) is 0 Å². The third-order valence-corrected chi connectivity index (χ3v) is 7.26. The van der Waals surface area contributed by atoms with Gasteiger partial charge in [0.25, 0.3) is 5.91 Å². The molecule has 0 bridgehead atoms. The molecule has 6 nitrogen and oxygen atoms in total. The first-order valence-corrected chi connectivity index (χ1v) is 12.0. The van der Waals surface area contributed by atoms with Gasteiger partial charge in [-0.2, -0.15) is 13.2 Å². The Labute approximate surface area is 193 Å². The number of carbonyl (C=O) groups is 1. The highest BCUT2D eigenvalue weighted by Crippen LogP contribution is 2.34. The summed E-state index contributed by atoms with van der Waals surface area (Å²) in [6.45, 7) is 3.43. The molecule has 1 amide bonds. The first kappa shape index (κ1) is 24.4. The largest absolute Gasteiger partial charge is 0.433 e. The average molecular weight is 502 g/mol. The van der Waals surface area contributed by atoms with Crippen molar-refractivity contribution in [1.29, 1.82) is 0 Å². The zero-order valence-electron chi connectivity index (χ0n) is 16.9. The fourth-order valence-corrected chi connectivity index (χ4v) is 5.28. The second kappa shape index (κ2) is 9.30. The molecule has 12 heteroatoms. The number of thiocarbonyl (C=S) groups is 1. The molecule has 2 heterocycles. The van der Waals surface area contributed by atoms with Crippen LogP contribution in [-0.4, -0.2) is 34.6 Å². The van der Waals surface area contributed by atoms with Gasteiger partial charge in [-0.1, -0.05) is 42.2 Å². The molecule has 1 fully saturated rings. The standard InChI is InChI=1S/C20H18F3N3O3S3/c1-12(2)25-32(28,29)15-6-3-13(4-7-15)9-16-18(27)26(19(30)31-16)11-14-5-8-17(24-10-14)20(21,22)23/h3-10,12,25H,11H2,1-2H3/b16-9-. The van der Waals surface area contributed by atoms with Crippen LogP contribution in [0.15, 0.2) is 52.4 Å². The van der Waals surface area contributed by atoms with Gasteiger partial charge in [0.2, 0.25) is 10.0 Å². The Morgan fingerprint density at radius 3 is 2.38 bits per heavy atom. The number of thioether (sulfide) groups is 1. The van der Waals surface area contributed by atoms with Crippen LogP contribution >= 0.6 is 24.0 Å². The summed E-state index contributed by atoms with van der Waals surface area (Å²) >= 11 is 6.30. The van der Waals surface area contributed by atoms with Gasteiger partial charge in [0.1, 0.15) is 10.0 Å². The summed E-state index contributed by atoms with van der Waals surface area (Å²) in [4.78, 5) is 17.8. The summed E-state index contributed by atoms with van der Waals surface area (Å²) in [6.07, 6.45) is -1.89. The topological polar surface area (TPSA) is 79.4 Å².